The van der Waals surface area contributed by atoms with E-state index in [4.69, 9.17) is 37.0 Å². The van der Waals surface area contributed by atoms with Crippen LogP contribution in [0.15, 0.2) is 0 Å². The Kier molecular flexibility index (Phi) is 66.8. The van der Waals surface area contributed by atoms with Crippen LogP contribution < -0.4 is 0 Å². The van der Waals surface area contributed by atoms with Crippen LogP contribution in [0.2, 0.25) is 0 Å². The van der Waals surface area contributed by atoms with Crippen molar-refractivity contribution in [3.63, 3.8) is 0 Å². The quantitative estimate of drug-likeness (QED) is 0.0222. The van der Waals surface area contributed by atoms with Gasteiger partial charge >= 0.3 is 39.5 Å². The van der Waals surface area contributed by atoms with E-state index in [1.165, 1.54) is 205 Å². The fourth-order valence-electron chi connectivity index (χ4n) is 11.5. The largest absolute Gasteiger partial charge is 0.472 e. The number of esters is 4. The van der Waals surface area contributed by atoms with Crippen molar-refractivity contribution in [2.45, 2.75) is 412 Å². The minimum atomic E-state index is -4.95. The minimum Gasteiger partial charge on any atom is -0.462 e. The summed E-state index contributed by atoms with van der Waals surface area (Å²) in [5.41, 5.74) is 0. The topological polar surface area (TPSA) is 237 Å². The third-order valence-electron chi connectivity index (χ3n) is 17.5. The Morgan fingerprint density at radius 2 is 0.489 bits per heavy atom. The van der Waals surface area contributed by atoms with Gasteiger partial charge in [-0.2, -0.15) is 0 Å². The summed E-state index contributed by atoms with van der Waals surface area (Å²) in [4.78, 5) is 72.7. The first-order valence-corrected chi connectivity index (χ1v) is 42.1. The first-order chi connectivity index (χ1) is 45.5. The molecule has 5 atom stereocenters. The average Bonchev–Trinajstić information content (AvgIpc) is 1.18. The Hall–Kier alpha value is -1.94. The van der Waals surface area contributed by atoms with Crippen molar-refractivity contribution in [1.82, 2.24) is 0 Å². The molecule has 0 aromatic rings. The molecule has 0 aliphatic heterocycles. The zero-order chi connectivity index (χ0) is 69.1. The Bertz CT molecular complexity index is 1810. The molecular weight excluding hydrogens is 1230 g/mol. The van der Waals surface area contributed by atoms with Gasteiger partial charge in [0.2, 0.25) is 0 Å². The van der Waals surface area contributed by atoms with E-state index in [2.05, 4.69) is 34.6 Å². The van der Waals surface area contributed by atoms with E-state index in [-0.39, 0.29) is 25.7 Å². The number of phosphoric acid groups is 2. The van der Waals surface area contributed by atoms with E-state index in [0.29, 0.717) is 25.7 Å². The molecular formula is C75H146O17P2. The lowest BCUT2D eigenvalue weighted by atomic mass is 10.0. The van der Waals surface area contributed by atoms with Crippen molar-refractivity contribution in [3.8, 4) is 0 Å². The third-order valence-corrected chi connectivity index (χ3v) is 19.4. The summed E-state index contributed by atoms with van der Waals surface area (Å²) in [7, 11) is -9.90. The van der Waals surface area contributed by atoms with Crippen molar-refractivity contribution in [2.75, 3.05) is 39.6 Å². The van der Waals surface area contributed by atoms with Gasteiger partial charge in [-0.1, -0.05) is 343 Å². The summed E-state index contributed by atoms with van der Waals surface area (Å²) >= 11 is 0. The molecule has 0 spiro atoms. The summed E-state index contributed by atoms with van der Waals surface area (Å²) in [6, 6.07) is 0. The highest BCUT2D eigenvalue weighted by atomic mass is 31.2. The van der Waals surface area contributed by atoms with Crippen molar-refractivity contribution >= 4 is 39.5 Å². The minimum absolute atomic E-state index is 0.106. The molecule has 558 valence electrons. The number of carbonyl (C=O) groups excluding carboxylic acids is 4. The van der Waals surface area contributed by atoms with Gasteiger partial charge in [-0.25, -0.2) is 9.13 Å². The molecule has 94 heavy (non-hydrogen) atoms. The molecule has 0 bridgehead atoms. The van der Waals surface area contributed by atoms with E-state index >= 15 is 0 Å². The molecule has 0 rings (SSSR count). The lowest BCUT2D eigenvalue weighted by Gasteiger charge is -2.21. The molecule has 0 saturated heterocycles. The molecule has 17 nitrogen and oxygen atoms in total. The molecule has 0 aliphatic rings. The van der Waals surface area contributed by atoms with Crippen LogP contribution in [0.5, 0.6) is 0 Å². The highest BCUT2D eigenvalue weighted by molar-refractivity contribution is 7.47. The zero-order valence-corrected chi connectivity index (χ0v) is 62.9. The summed E-state index contributed by atoms with van der Waals surface area (Å²) in [6.45, 7) is 7.25. The highest BCUT2D eigenvalue weighted by Crippen LogP contribution is 2.45. The Labute approximate surface area is 575 Å². The number of aliphatic hydroxyl groups is 1. The van der Waals surface area contributed by atoms with Crippen LogP contribution in [0.1, 0.15) is 394 Å². The first-order valence-electron chi connectivity index (χ1n) is 39.1. The van der Waals surface area contributed by atoms with Crippen LogP contribution >= 0.6 is 15.6 Å². The highest BCUT2D eigenvalue weighted by Gasteiger charge is 2.30. The maximum atomic E-state index is 13.1. The van der Waals surface area contributed by atoms with Crippen molar-refractivity contribution in [3.05, 3.63) is 0 Å². The molecule has 0 amide bonds. The fourth-order valence-corrected chi connectivity index (χ4v) is 13.1. The van der Waals surface area contributed by atoms with E-state index in [1.807, 2.05) is 0 Å². The summed E-state index contributed by atoms with van der Waals surface area (Å²) in [5.74, 6) is -1.35. The maximum absolute atomic E-state index is 13.1. The number of phosphoric ester groups is 2. The summed E-state index contributed by atoms with van der Waals surface area (Å²) < 4.78 is 68.4. The van der Waals surface area contributed by atoms with Gasteiger partial charge in [0.15, 0.2) is 12.2 Å². The van der Waals surface area contributed by atoms with Crippen LogP contribution in [0.4, 0.5) is 0 Å². The van der Waals surface area contributed by atoms with E-state index < -0.39 is 97.5 Å². The van der Waals surface area contributed by atoms with Crippen LogP contribution in [0.3, 0.4) is 0 Å². The van der Waals surface area contributed by atoms with Gasteiger partial charge in [-0.15, -0.1) is 0 Å². The average molecular weight is 1380 g/mol. The number of aliphatic hydroxyl groups excluding tert-OH is 1. The van der Waals surface area contributed by atoms with E-state index in [1.54, 1.807) is 0 Å². The van der Waals surface area contributed by atoms with Gasteiger partial charge in [-0.3, -0.25) is 37.3 Å². The first kappa shape index (κ1) is 92.1. The molecule has 0 aromatic carbocycles. The zero-order valence-electron chi connectivity index (χ0n) is 61.1. The van der Waals surface area contributed by atoms with Gasteiger partial charge in [-0.05, 0) is 31.6 Å². The van der Waals surface area contributed by atoms with E-state index in [9.17, 15) is 43.2 Å². The van der Waals surface area contributed by atoms with Crippen molar-refractivity contribution in [2.24, 2.45) is 5.92 Å². The molecule has 2 unspecified atom stereocenters. The van der Waals surface area contributed by atoms with Gasteiger partial charge in [0.25, 0.3) is 0 Å². The molecule has 0 aliphatic carbocycles. The Morgan fingerprint density at radius 1 is 0.287 bits per heavy atom. The summed E-state index contributed by atoms with van der Waals surface area (Å²) in [6.07, 6.45) is 57.0. The molecule has 3 N–H and O–H groups in total. The predicted octanol–water partition coefficient (Wildman–Crippen LogP) is 22.1. The normalized spacial score (nSPS) is 14.0. The number of hydrogen-bond acceptors (Lipinski definition) is 15. The van der Waals surface area contributed by atoms with Crippen LogP contribution in [-0.4, -0.2) is 96.7 Å². The lowest BCUT2D eigenvalue weighted by Crippen LogP contribution is -2.30. The number of carbonyl (C=O) groups is 4. The van der Waals surface area contributed by atoms with Gasteiger partial charge < -0.3 is 33.8 Å². The van der Waals surface area contributed by atoms with Gasteiger partial charge in [0, 0.05) is 25.7 Å². The molecule has 0 aromatic heterocycles. The number of unbranched alkanes of at least 4 members (excludes halogenated alkanes) is 47. The smallest absolute Gasteiger partial charge is 0.462 e. The van der Waals surface area contributed by atoms with Gasteiger partial charge in [0.1, 0.15) is 19.3 Å². The summed E-state index contributed by atoms with van der Waals surface area (Å²) in [5, 5.41) is 10.6. The van der Waals surface area contributed by atoms with Crippen LogP contribution in [0, 0.1) is 5.92 Å². The van der Waals surface area contributed by atoms with E-state index in [0.717, 1.165) is 109 Å². The maximum Gasteiger partial charge on any atom is 0.472 e. The van der Waals surface area contributed by atoms with Crippen LogP contribution in [-0.2, 0) is 65.4 Å². The lowest BCUT2D eigenvalue weighted by molar-refractivity contribution is -0.161. The molecule has 0 fully saturated rings. The number of rotatable bonds is 75. The number of ether oxygens (including phenoxy) is 4. The third kappa shape index (κ3) is 68.6. The second-order valence-electron chi connectivity index (χ2n) is 27.5. The van der Waals surface area contributed by atoms with Crippen molar-refractivity contribution < 1.29 is 80.2 Å². The Morgan fingerprint density at radius 3 is 0.723 bits per heavy atom. The SMILES string of the molecule is CCCCCCCCCCCCCCCCCCCC(=O)O[C@H](COC(=O)CCCCCCCCCCCCCCCCCC)COP(=O)(O)OC[C@@H](O)COP(=O)(O)OC[C@@H](COC(=O)CCCCCCCCC)OC(=O)CCCCCCCCCCCCCC(C)C. The fraction of sp³-hybridized carbons (Fsp3) is 0.947. The molecule has 0 heterocycles. The van der Waals surface area contributed by atoms with Gasteiger partial charge in [0.05, 0.1) is 26.4 Å². The molecule has 19 heteroatoms. The Balaban J connectivity index is 5.20. The monoisotopic (exact) mass is 1380 g/mol. The molecule has 0 saturated carbocycles. The second-order valence-corrected chi connectivity index (χ2v) is 30.4. The predicted molar refractivity (Wildman–Crippen MR) is 382 cm³/mol. The molecule has 0 radical (unpaired) electrons. The standard InChI is InChI=1S/C75H146O17P2/c1-6-9-12-15-18-20-22-24-26-28-30-32-36-40-45-50-55-60-74(79)92-71(65-86-73(78)59-54-49-44-39-35-31-29-27-25-23-21-19-16-13-10-7-2)67-90-94(83,84)88-63-69(76)62-87-93(81,82)89-66-70(64-85-72(77)58-53-48-42-17-14-11-8-3)91-75(80)61-56-51-46-41-37-33-34-38-43-47-52-57-68(4)5/h68-71,76H,6-67H2,1-5H3,(H,81,82)(H,83,84)/t69-,70+,71+/m0/s1. The van der Waals surface area contributed by atoms with Crippen LogP contribution in [0.25, 0.3) is 0 Å². The number of hydrogen-bond donors (Lipinski definition) is 3. The second kappa shape index (κ2) is 68.2. The van der Waals surface area contributed by atoms with Crippen molar-refractivity contribution in [1.29, 1.82) is 0 Å².